The van der Waals surface area contributed by atoms with Crippen LogP contribution in [0, 0.1) is 11.8 Å². The summed E-state index contributed by atoms with van der Waals surface area (Å²) in [5, 5.41) is 3.36. The monoisotopic (exact) mass is 561 g/mol. The maximum atomic E-state index is 13.4. The average Bonchev–Trinajstić information content (AvgIpc) is 3.46. The minimum absolute atomic E-state index is 0.133. The molecule has 4 aromatic rings. The number of nitrogens with two attached hydrogens (primary N) is 1. The van der Waals surface area contributed by atoms with Gasteiger partial charge in [0.15, 0.2) is 5.65 Å². The Labute approximate surface area is 234 Å². The number of benzene rings is 1. The third-order valence-electron chi connectivity index (χ3n) is 8.53. The van der Waals surface area contributed by atoms with Gasteiger partial charge in [0.1, 0.15) is 5.75 Å². The molecule has 0 spiro atoms. The van der Waals surface area contributed by atoms with Crippen LogP contribution in [0.15, 0.2) is 55.0 Å². The van der Waals surface area contributed by atoms with Crippen LogP contribution in [0.4, 0.5) is 0 Å². The molecule has 9 nitrogen and oxygen atoms in total. The van der Waals surface area contributed by atoms with Gasteiger partial charge in [0.25, 0.3) is 0 Å². The fourth-order valence-electron chi connectivity index (χ4n) is 6.38. The Hall–Kier alpha value is -3.50. The van der Waals surface area contributed by atoms with Crippen LogP contribution in [0.1, 0.15) is 60.5 Å². The number of carbonyl (C=O) groups excluding carboxylic acids is 1. The predicted octanol–water partition coefficient (Wildman–Crippen LogP) is 4.60. The number of amides is 1. The van der Waals surface area contributed by atoms with Gasteiger partial charge < -0.3 is 15.5 Å². The number of carbonyl (C=O) groups is 1. The highest BCUT2D eigenvalue weighted by Gasteiger charge is 2.33. The molecular formula is C30H35N5O4S. The topological polar surface area (TPSA) is 131 Å². The van der Waals surface area contributed by atoms with Crippen molar-refractivity contribution in [2.75, 3.05) is 25.4 Å². The van der Waals surface area contributed by atoms with E-state index in [4.69, 9.17) is 10.5 Å². The molecule has 4 heterocycles. The summed E-state index contributed by atoms with van der Waals surface area (Å²) in [7, 11) is -3.35. The van der Waals surface area contributed by atoms with E-state index in [9.17, 15) is 13.2 Å². The SMILES string of the molecule is NC(=O)c1ccc(OCC2CCCN(S(=O)(=O)CC3CCC(c4[nH]ccc5cnc6nccc6c45)CC3)C2)cc1. The molecule has 40 heavy (non-hydrogen) atoms. The van der Waals surface area contributed by atoms with Crippen molar-refractivity contribution in [2.24, 2.45) is 17.6 Å². The summed E-state index contributed by atoms with van der Waals surface area (Å²) in [6.45, 7) is 1.50. The molecule has 1 atom stereocenters. The third-order valence-corrected chi connectivity index (χ3v) is 10.5. The van der Waals surface area contributed by atoms with Crippen LogP contribution in [0.5, 0.6) is 5.75 Å². The number of H-pyrrole nitrogens is 1. The lowest BCUT2D eigenvalue weighted by Crippen LogP contribution is -2.43. The van der Waals surface area contributed by atoms with Crippen LogP contribution in [0.25, 0.3) is 21.8 Å². The van der Waals surface area contributed by atoms with E-state index in [0.717, 1.165) is 54.9 Å². The van der Waals surface area contributed by atoms with Crippen LogP contribution < -0.4 is 10.5 Å². The number of nitrogens with zero attached hydrogens (tertiary/aromatic N) is 3. The van der Waals surface area contributed by atoms with E-state index < -0.39 is 15.9 Å². The third kappa shape index (κ3) is 5.55. The molecule has 3 aromatic heterocycles. The highest BCUT2D eigenvalue weighted by atomic mass is 32.2. The molecule has 1 saturated carbocycles. The normalized spacial score (nSPS) is 22.4. The van der Waals surface area contributed by atoms with Crippen LogP contribution in [-0.2, 0) is 10.0 Å². The summed E-state index contributed by atoms with van der Waals surface area (Å²) in [5.41, 5.74) is 7.70. The number of ether oxygens (including phenoxy) is 1. The van der Waals surface area contributed by atoms with E-state index in [1.165, 1.54) is 11.1 Å². The minimum atomic E-state index is -3.35. The summed E-state index contributed by atoms with van der Waals surface area (Å²) in [6.07, 6.45) is 11.1. The molecule has 2 aliphatic rings. The second-order valence-electron chi connectivity index (χ2n) is 11.2. The van der Waals surface area contributed by atoms with Crippen LogP contribution in [0.3, 0.4) is 0 Å². The second kappa shape index (κ2) is 11.2. The molecule has 1 unspecified atom stereocenters. The first-order valence-corrected chi connectivity index (χ1v) is 15.7. The fourth-order valence-corrected chi connectivity index (χ4v) is 8.37. The first-order chi connectivity index (χ1) is 19.4. The van der Waals surface area contributed by atoms with E-state index in [-0.39, 0.29) is 17.6 Å². The lowest BCUT2D eigenvalue weighted by molar-refractivity contribution is 0.1000. The maximum Gasteiger partial charge on any atom is 0.248 e. The zero-order valence-electron chi connectivity index (χ0n) is 22.5. The molecule has 6 rings (SSSR count). The number of sulfonamides is 1. The zero-order chi connectivity index (χ0) is 27.7. The molecule has 2 fully saturated rings. The van der Waals surface area contributed by atoms with Gasteiger partial charge in [-0.3, -0.25) is 4.79 Å². The lowest BCUT2D eigenvalue weighted by atomic mass is 9.80. The Morgan fingerprint density at radius 1 is 1.02 bits per heavy atom. The highest BCUT2D eigenvalue weighted by molar-refractivity contribution is 7.89. The van der Waals surface area contributed by atoms with Gasteiger partial charge in [-0.15, -0.1) is 0 Å². The van der Waals surface area contributed by atoms with Crippen molar-refractivity contribution in [3.8, 4) is 5.75 Å². The van der Waals surface area contributed by atoms with Crippen LogP contribution >= 0.6 is 0 Å². The number of hydrogen-bond donors (Lipinski definition) is 2. The van der Waals surface area contributed by atoms with Gasteiger partial charge in [0, 0.05) is 65.0 Å². The Morgan fingerprint density at radius 2 is 1.82 bits per heavy atom. The van der Waals surface area contributed by atoms with Crippen molar-refractivity contribution in [3.63, 3.8) is 0 Å². The summed E-state index contributed by atoms with van der Waals surface area (Å²) in [5.74, 6) is 1.04. The van der Waals surface area contributed by atoms with Gasteiger partial charge in [-0.25, -0.2) is 22.7 Å². The lowest BCUT2D eigenvalue weighted by Gasteiger charge is -2.34. The summed E-state index contributed by atoms with van der Waals surface area (Å²) < 4.78 is 34.5. The standard InChI is InChI=1S/C30H35N5O4S/c31-29(36)23-7-9-25(10-8-23)39-18-21-2-1-15-35(17-21)40(37,38)19-20-3-5-22(6-4-20)28-27-24(11-13-32-28)16-34-30-26(27)12-14-33-30/h7-14,16,20-22,32H,1-6,15,17-19H2,(H2,31,36). The first kappa shape index (κ1) is 26.7. The largest absolute Gasteiger partial charge is 0.493 e. The molecule has 1 aliphatic carbocycles. The van der Waals surface area contributed by atoms with Gasteiger partial charge in [-0.05, 0) is 86.8 Å². The van der Waals surface area contributed by atoms with Crippen molar-refractivity contribution in [1.82, 2.24) is 19.3 Å². The number of aromatic amines is 1. The van der Waals surface area contributed by atoms with Crippen LogP contribution in [0.2, 0.25) is 0 Å². The molecule has 0 radical (unpaired) electrons. The van der Waals surface area contributed by atoms with Gasteiger partial charge in [-0.2, -0.15) is 0 Å². The Kier molecular flexibility index (Phi) is 7.46. The van der Waals surface area contributed by atoms with Gasteiger partial charge in [-0.1, -0.05) is 0 Å². The Bertz CT molecular complexity index is 1610. The van der Waals surface area contributed by atoms with Crippen molar-refractivity contribution < 1.29 is 17.9 Å². The van der Waals surface area contributed by atoms with E-state index in [0.29, 0.717) is 36.9 Å². The fraction of sp³-hybridized carbons (Fsp3) is 0.433. The number of nitrogens with one attached hydrogen (secondary N) is 1. The van der Waals surface area contributed by atoms with Crippen molar-refractivity contribution in [1.29, 1.82) is 0 Å². The summed E-state index contributed by atoms with van der Waals surface area (Å²) >= 11 is 0. The van der Waals surface area contributed by atoms with Crippen molar-refractivity contribution in [2.45, 2.75) is 44.4 Å². The highest BCUT2D eigenvalue weighted by Crippen LogP contribution is 2.40. The number of hydrogen-bond acceptors (Lipinski definition) is 6. The quantitative estimate of drug-likeness (QED) is 0.323. The molecule has 1 amide bonds. The zero-order valence-corrected chi connectivity index (χ0v) is 23.3. The number of rotatable bonds is 8. The number of fused-ring (bicyclic) bond motifs is 3. The number of primary amides is 1. The van der Waals surface area contributed by atoms with E-state index in [2.05, 4.69) is 15.0 Å². The van der Waals surface area contributed by atoms with E-state index in [1.54, 1.807) is 34.8 Å². The van der Waals surface area contributed by atoms with Crippen molar-refractivity contribution >= 4 is 37.7 Å². The Morgan fingerprint density at radius 3 is 2.60 bits per heavy atom. The number of piperidine rings is 1. The smallest absolute Gasteiger partial charge is 0.248 e. The van der Waals surface area contributed by atoms with Crippen LogP contribution in [-0.4, -0.2) is 59.0 Å². The molecule has 210 valence electrons. The molecular weight excluding hydrogens is 526 g/mol. The number of pyridine rings is 2. The number of aromatic nitrogens is 3. The second-order valence-corrected chi connectivity index (χ2v) is 13.2. The predicted molar refractivity (Wildman–Crippen MR) is 155 cm³/mol. The van der Waals surface area contributed by atoms with Crippen molar-refractivity contribution in [3.05, 3.63) is 66.2 Å². The van der Waals surface area contributed by atoms with E-state index >= 15 is 0 Å². The molecule has 1 aromatic carbocycles. The molecule has 0 bridgehead atoms. The maximum absolute atomic E-state index is 13.4. The molecule has 1 saturated heterocycles. The van der Waals surface area contributed by atoms with Gasteiger partial charge in [0.05, 0.1) is 12.4 Å². The van der Waals surface area contributed by atoms with Gasteiger partial charge in [0.2, 0.25) is 15.9 Å². The van der Waals surface area contributed by atoms with E-state index in [1.807, 2.05) is 24.5 Å². The molecule has 3 N–H and O–H groups in total. The molecule has 10 heteroatoms. The molecule has 1 aliphatic heterocycles. The summed E-state index contributed by atoms with van der Waals surface area (Å²) in [4.78, 5) is 23.6. The first-order valence-electron chi connectivity index (χ1n) is 14.1. The summed E-state index contributed by atoms with van der Waals surface area (Å²) in [6, 6.07) is 10.8. The Balaban J connectivity index is 1.05. The average molecular weight is 562 g/mol. The minimum Gasteiger partial charge on any atom is -0.493 e. The van der Waals surface area contributed by atoms with Gasteiger partial charge >= 0.3 is 0 Å².